The quantitative estimate of drug-likeness (QED) is 0.660. The van der Waals surface area contributed by atoms with Gasteiger partial charge in [0.05, 0.1) is 6.61 Å². The third-order valence-corrected chi connectivity index (χ3v) is 3.09. The number of benzene rings is 2. The summed E-state index contributed by atoms with van der Waals surface area (Å²) in [5, 5.41) is 0. The van der Waals surface area contributed by atoms with Crippen LogP contribution in [-0.4, -0.2) is 6.61 Å². The second-order valence-corrected chi connectivity index (χ2v) is 4.47. The molecule has 0 spiro atoms. The molecule has 2 heteroatoms. The maximum atomic E-state index is 6.01. The first kappa shape index (κ1) is 12.5. The van der Waals surface area contributed by atoms with E-state index in [2.05, 4.69) is 0 Å². The molecule has 2 aromatic carbocycles. The van der Waals surface area contributed by atoms with Crippen molar-refractivity contribution < 1.29 is 9.15 Å². The van der Waals surface area contributed by atoms with Gasteiger partial charge in [-0.15, -0.1) is 0 Å². The van der Waals surface area contributed by atoms with Gasteiger partial charge in [-0.05, 0) is 6.92 Å². The van der Waals surface area contributed by atoms with Crippen LogP contribution in [-0.2, 0) is 0 Å². The SMILES string of the molecule is CCOc1cc(-c2ccccc2)oc1-c1ccccc1. The van der Waals surface area contributed by atoms with Crippen LogP contribution in [0.5, 0.6) is 5.75 Å². The molecule has 0 unspecified atom stereocenters. The lowest BCUT2D eigenvalue weighted by atomic mass is 10.1. The fourth-order valence-electron chi connectivity index (χ4n) is 2.17. The molecule has 0 saturated heterocycles. The summed E-state index contributed by atoms with van der Waals surface area (Å²) in [6, 6.07) is 22.0. The van der Waals surface area contributed by atoms with Crippen LogP contribution >= 0.6 is 0 Å². The normalized spacial score (nSPS) is 10.4. The van der Waals surface area contributed by atoms with Gasteiger partial charge in [-0.3, -0.25) is 0 Å². The van der Waals surface area contributed by atoms with Crippen molar-refractivity contribution in [3.05, 3.63) is 66.7 Å². The minimum atomic E-state index is 0.619. The molecule has 0 N–H and O–H groups in total. The third kappa shape index (κ3) is 2.45. The van der Waals surface area contributed by atoms with Crippen LogP contribution in [0, 0.1) is 0 Å². The lowest BCUT2D eigenvalue weighted by molar-refractivity contribution is 0.338. The van der Waals surface area contributed by atoms with Gasteiger partial charge in [0.25, 0.3) is 0 Å². The first-order valence-electron chi connectivity index (χ1n) is 6.76. The van der Waals surface area contributed by atoms with Crippen LogP contribution in [0.4, 0.5) is 0 Å². The molecule has 100 valence electrons. The highest BCUT2D eigenvalue weighted by Gasteiger charge is 2.15. The molecule has 3 rings (SSSR count). The summed E-state index contributed by atoms with van der Waals surface area (Å²) in [7, 11) is 0. The van der Waals surface area contributed by atoms with E-state index < -0.39 is 0 Å². The molecular formula is C18H16O2. The number of rotatable bonds is 4. The lowest BCUT2D eigenvalue weighted by Crippen LogP contribution is -1.90. The van der Waals surface area contributed by atoms with Gasteiger partial charge < -0.3 is 9.15 Å². The average molecular weight is 264 g/mol. The lowest BCUT2D eigenvalue weighted by Gasteiger charge is -2.02. The van der Waals surface area contributed by atoms with Gasteiger partial charge in [0.2, 0.25) is 0 Å². The third-order valence-electron chi connectivity index (χ3n) is 3.09. The topological polar surface area (TPSA) is 22.4 Å². The zero-order chi connectivity index (χ0) is 13.8. The van der Waals surface area contributed by atoms with Gasteiger partial charge in [-0.2, -0.15) is 0 Å². The first-order chi connectivity index (χ1) is 9.88. The molecule has 0 amide bonds. The standard InChI is InChI=1S/C18H16O2/c1-2-19-17-13-16(14-9-5-3-6-10-14)20-18(17)15-11-7-4-8-12-15/h3-13H,2H2,1H3. The predicted molar refractivity (Wildman–Crippen MR) is 80.7 cm³/mol. The van der Waals surface area contributed by atoms with Gasteiger partial charge in [-0.1, -0.05) is 60.7 Å². The van der Waals surface area contributed by atoms with E-state index in [0.717, 1.165) is 28.4 Å². The molecule has 0 atom stereocenters. The average Bonchev–Trinajstić information content (AvgIpc) is 2.94. The number of furan rings is 1. The first-order valence-corrected chi connectivity index (χ1v) is 6.76. The van der Waals surface area contributed by atoms with Gasteiger partial charge in [0.1, 0.15) is 5.76 Å². The Morgan fingerprint density at radius 1 is 0.850 bits per heavy atom. The van der Waals surface area contributed by atoms with E-state index >= 15 is 0 Å². The van der Waals surface area contributed by atoms with E-state index in [4.69, 9.17) is 9.15 Å². The fourth-order valence-corrected chi connectivity index (χ4v) is 2.17. The smallest absolute Gasteiger partial charge is 0.176 e. The van der Waals surface area contributed by atoms with Crippen molar-refractivity contribution in [1.82, 2.24) is 0 Å². The summed E-state index contributed by atoms with van der Waals surface area (Å²) >= 11 is 0. The number of hydrogen-bond donors (Lipinski definition) is 0. The van der Waals surface area contributed by atoms with Crippen molar-refractivity contribution in [2.24, 2.45) is 0 Å². The van der Waals surface area contributed by atoms with E-state index in [-0.39, 0.29) is 0 Å². The Bertz CT molecular complexity index is 669. The van der Waals surface area contributed by atoms with Crippen LogP contribution in [0.25, 0.3) is 22.6 Å². The summed E-state index contributed by atoms with van der Waals surface area (Å²) < 4.78 is 11.7. The van der Waals surface area contributed by atoms with E-state index in [1.807, 2.05) is 73.7 Å². The second kappa shape index (κ2) is 5.66. The Hall–Kier alpha value is -2.48. The Morgan fingerprint density at radius 3 is 2.05 bits per heavy atom. The van der Waals surface area contributed by atoms with Gasteiger partial charge >= 0.3 is 0 Å². The molecule has 20 heavy (non-hydrogen) atoms. The highest BCUT2D eigenvalue weighted by molar-refractivity contribution is 5.71. The number of hydrogen-bond acceptors (Lipinski definition) is 2. The molecule has 0 fully saturated rings. The van der Waals surface area contributed by atoms with Crippen molar-refractivity contribution in [2.45, 2.75) is 6.92 Å². The van der Waals surface area contributed by atoms with Crippen LogP contribution in [0.15, 0.2) is 71.1 Å². The Kier molecular flexibility index (Phi) is 3.55. The number of ether oxygens (including phenoxy) is 1. The maximum absolute atomic E-state index is 6.01. The summed E-state index contributed by atoms with van der Waals surface area (Å²) in [5.74, 6) is 2.40. The molecule has 0 aliphatic carbocycles. The van der Waals surface area contributed by atoms with Gasteiger partial charge in [-0.25, -0.2) is 0 Å². The molecule has 1 heterocycles. The largest absolute Gasteiger partial charge is 0.490 e. The Balaban J connectivity index is 2.08. The maximum Gasteiger partial charge on any atom is 0.176 e. The summed E-state index contributed by atoms with van der Waals surface area (Å²) in [6.45, 7) is 2.59. The van der Waals surface area contributed by atoms with Crippen molar-refractivity contribution in [3.8, 4) is 28.4 Å². The second-order valence-electron chi connectivity index (χ2n) is 4.47. The van der Waals surface area contributed by atoms with E-state index in [9.17, 15) is 0 Å². The van der Waals surface area contributed by atoms with Crippen LogP contribution in [0.3, 0.4) is 0 Å². The van der Waals surface area contributed by atoms with Crippen molar-refractivity contribution >= 4 is 0 Å². The molecule has 0 radical (unpaired) electrons. The van der Waals surface area contributed by atoms with E-state index in [1.165, 1.54) is 0 Å². The van der Waals surface area contributed by atoms with Crippen molar-refractivity contribution in [1.29, 1.82) is 0 Å². The van der Waals surface area contributed by atoms with Crippen LogP contribution in [0.1, 0.15) is 6.92 Å². The minimum Gasteiger partial charge on any atom is -0.490 e. The van der Waals surface area contributed by atoms with E-state index in [0.29, 0.717) is 6.61 Å². The van der Waals surface area contributed by atoms with Crippen molar-refractivity contribution in [3.63, 3.8) is 0 Å². The molecular weight excluding hydrogens is 248 g/mol. The van der Waals surface area contributed by atoms with Crippen LogP contribution in [0.2, 0.25) is 0 Å². The molecule has 3 aromatic rings. The molecule has 0 aliphatic rings. The summed E-state index contributed by atoms with van der Waals surface area (Å²) in [4.78, 5) is 0. The highest BCUT2D eigenvalue weighted by atomic mass is 16.5. The Morgan fingerprint density at radius 2 is 1.45 bits per heavy atom. The predicted octanol–water partition coefficient (Wildman–Crippen LogP) is 5.01. The molecule has 2 nitrogen and oxygen atoms in total. The monoisotopic (exact) mass is 264 g/mol. The zero-order valence-electron chi connectivity index (χ0n) is 11.4. The summed E-state index contributed by atoms with van der Waals surface area (Å²) in [5.41, 5.74) is 2.08. The van der Waals surface area contributed by atoms with Crippen molar-refractivity contribution in [2.75, 3.05) is 6.61 Å². The highest BCUT2D eigenvalue weighted by Crippen LogP contribution is 2.37. The molecule has 1 aromatic heterocycles. The minimum absolute atomic E-state index is 0.619. The van der Waals surface area contributed by atoms with Gasteiger partial charge in [0, 0.05) is 17.2 Å². The zero-order valence-corrected chi connectivity index (χ0v) is 11.4. The van der Waals surface area contributed by atoms with Crippen LogP contribution < -0.4 is 4.74 Å². The van der Waals surface area contributed by atoms with E-state index in [1.54, 1.807) is 0 Å². The molecule has 0 saturated carbocycles. The Labute approximate surface area is 118 Å². The summed E-state index contributed by atoms with van der Waals surface area (Å²) in [6.07, 6.45) is 0. The fraction of sp³-hybridized carbons (Fsp3) is 0.111. The molecule has 0 aliphatic heterocycles. The molecule has 0 bridgehead atoms. The van der Waals surface area contributed by atoms with Gasteiger partial charge in [0.15, 0.2) is 11.5 Å².